The Morgan fingerprint density at radius 2 is 2.04 bits per heavy atom. The zero-order valence-electron chi connectivity index (χ0n) is 16.1. The van der Waals surface area contributed by atoms with Crippen LogP contribution in [-0.4, -0.2) is 51.8 Å². The molecule has 2 aliphatic rings. The number of rotatable bonds is 5. The first-order valence-corrected chi connectivity index (χ1v) is 10.5. The summed E-state index contributed by atoms with van der Waals surface area (Å²) in [6, 6.07) is 7.34. The Bertz CT molecular complexity index is 901. The second kappa shape index (κ2) is 7.16. The van der Waals surface area contributed by atoms with Gasteiger partial charge in [0.1, 0.15) is 10.5 Å². The number of amides is 4. The van der Waals surface area contributed by atoms with Crippen LogP contribution in [0.5, 0.6) is 0 Å². The maximum atomic E-state index is 12.7. The lowest BCUT2D eigenvalue weighted by molar-refractivity contribution is -0.134. The molecule has 2 heterocycles. The van der Waals surface area contributed by atoms with E-state index in [1.165, 1.54) is 4.90 Å². The van der Waals surface area contributed by atoms with Gasteiger partial charge in [-0.05, 0) is 31.9 Å². The summed E-state index contributed by atoms with van der Waals surface area (Å²) in [5, 5.41) is 3.72. The fourth-order valence-corrected chi connectivity index (χ4v) is 5.09. The number of aromatic nitrogens is 1. The van der Waals surface area contributed by atoms with Crippen molar-refractivity contribution in [3.05, 3.63) is 29.3 Å². The summed E-state index contributed by atoms with van der Waals surface area (Å²) in [6.07, 6.45) is 3.39. The van der Waals surface area contributed by atoms with E-state index in [0.29, 0.717) is 12.8 Å². The van der Waals surface area contributed by atoms with E-state index in [1.807, 2.05) is 31.2 Å². The zero-order valence-corrected chi connectivity index (χ0v) is 16.9. The number of imide groups is 1. The van der Waals surface area contributed by atoms with E-state index in [-0.39, 0.29) is 36.9 Å². The fourth-order valence-electron chi connectivity index (χ4n) is 4.03. The summed E-state index contributed by atoms with van der Waals surface area (Å²) < 4.78 is 1.09. The first-order chi connectivity index (χ1) is 13.4. The number of nitrogens with zero attached hydrogens (tertiary/aromatic N) is 3. The molecule has 1 aliphatic carbocycles. The van der Waals surface area contributed by atoms with E-state index >= 15 is 0 Å². The Labute approximate surface area is 167 Å². The van der Waals surface area contributed by atoms with Crippen molar-refractivity contribution >= 4 is 39.4 Å². The smallest absolute Gasteiger partial charge is 0.325 e. The van der Waals surface area contributed by atoms with Crippen LogP contribution in [0.2, 0.25) is 0 Å². The first-order valence-electron chi connectivity index (χ1n) is 9.66. The van der Waals surface area contributed by atoms with Gasteiger partial charge in [-0.3, -0.25) is 14.5 Å². The molecule has 0 unspecified atom stereocenters. The van der Waals surface area contributed by atoms with Gasteiger partial charge >= 0.3 is 6.03 Å². The highest BCUT2D eigenvalue weighted by Gasteiger charge is 2.52. The molecule has 1 saturated carbocycles. The largest absolute Gasteiger partial charge is 0.337 e. The van der Waals surface area contributed by atoms with Gasteiger partial charge in [0.2, 0.25) is 5.91 Å². The molecule has 1 aliphatic heterocycles. The van der Waals surface area contributed by atoms with Gasteiger partial charge in [-0.1, -0.05) is 25.0 Å². The molecule has 148 valence electrons. The topological polar surface area (TPSA) is 82.6 Å². The van der Waals surface area contributed by atoms with Crippen LogP contribution in [0.3, 0.4) is 0 Å². The van der Waals surface area contributed by atoms with Crippen molar-refractivity contribution in [2.45, 2.75) is 50.6 Å². The van der Waals surface area contributed by atoms with Gasteiger partial charge in [0.25, 0.3) is 5.91 Å². The van der Waals surface area contributed by atoms with Gasteiger partial charge in [0, 0.05) is 20.0 Å². The fraction of sp³-hybridized carbons (Fsp3) is 0.500. The van der Waals surface area contributed by atoms with Crippen molar-refractivity contribution in [1.82, 2.24) is 20.1 Å². The van der Waals surface area contributed by atoms with E-state index in [0.717, 1.165) is 28.1 Å². The predicted octanol–water partition coefficient (Wildman–Crippen LogP) is 3.07. The number of para-hydroxylation sites is 1. The number of hydrogen-bond acceptors (Lipinski definition) is 5. The van der Waals surface area contributed by atoms with Crippen LogP contribution >= 0.6 is 11.3 Å². The Morgan fingerprint density at radius 1 is 1.32 bits per heavy atom. The van der Waals surface area contributed by atoms with E-state index in [1.54, 1.807) is 23.3 Å². The lowest BCUT2D eigenvalue weighted by atomic mass is 9.98. The summed E-state index contributed by atoms with van der Waals surface area (Å²) >= 11 is 1.57. The average molecular weight is 401 g/mol. The minimum Gasteiger partial charge on any atom is -0.337 e. The molecule has 0 bridgehead atoms. The minimum atomic E-state index is -0.722. The van der Waals surface area contributed by atoms with Crippen LogP contribution in [0.1, 0.15) is 50.1 Å². The summed E-state index contributed by atoms with van der Waals surface area (Å²) in [5.74, 6) is -0.288. The lowest BCUT2D eigenvalue weighted by Crippen LogP contribution is -2.44. The van der Waals surface area contributed by atoms with E-state index in [2.05, 4.69) is 10.3 Å². The number of fused-ring (bicyclic) bond motifs is 1. The molecule has 2 fully saturated rings. The molecular formula is C20H24N4O3S. The van der Waals surface area contributed by atoms with E-state index in [4.69, 9.17) is 0 Å². The Hall–Kier alpha value is -2.48. The number of carbonyl (C=O) groups excluding carboxylic acids is 3. The van der Waals surface area contributed by atoms with E-state index < -0.39 is 5.54 Å². The molecule has 4 rings (SSSR count). The SMILES string of the molecule is C[C@@H](c1nc2ccccc2s1)N(C)C(=O)CCN1C(=O)NC2(CCCC2)C1=O. The van der Waals surface area contributed by atoms with Crippen LogP contribution in [-0.2, 0) is 9.59 Å². The van der Waals surface area contributed by atoms with E-state index in [9.17, 15) is 14.4 Å². The van der Waals surface area contributed by atoms with Crippen molar-refractivity contribution in [1.29, 1.82) is 0 Å². The Morgan fingerprint density at radius 3 is 2.75 bits per heavy atom. The van der Waals surface area contributed by atoms with Gasteiger partial charge < -0.3 is 10.2 Å². The van der Waals surface area contributed by atoms with Gasteiger partial charge in [0.15, 0.2) is 0 Å². The van der Waals surface area contributed by atoms with Crippen molar-refractivity contribution in [3.63, 3.8) is 0 Å². The number of nitrogens with one attached hydrogen (secondary N) is 1. The standard InChI is InChI=1S/C20H24N4O3S/c1-13(17-21-14-7-3-4-8-15(14)28-17)23(2)16(25)9-12-24-18(26)20(22-19(24)27)10-5-6-11-20/h3-4,7-8,13H,5-6,9-12H2,1-2H3,(H,22,27)/t13-/m0/s1. The van der Waals surface area contributed by atoms with Crippen molar-refractivity contribution in [2.75, 3.05) is 13.6 Å². The monoisotopic (exact) mass is 400 g/mol. The van der Waals surface area contributed by atoms with Crippen LogP contribution in [0, 0.1) is 0 Å². The molecule has 1 aromatic heterocycles. The lowest BCUT2D eigenvalue weighted by Gasteiger charge is -2.24. The van der Waals surface area contributed by atoms with Gasteiger partial charge in [-0.2, -0.15) is 0 Å². The van der Waals surface area contributed by atoms with Crippen LogP contribution < -0.4 is 5.32 Å². The minimum absolute atomic E-state index is 0.111. The summed E-state index contributed by atoms with van der Waals surface area (Å²) in [6.45, 7) is 2.05. The highest BCUT2D eigenvalue weighted by Crippen LogP contribution is 2.35. The average Bonchev–Trinajstić information content (AvgIpc) is 3.38. The number of hydrogen-bond donors (Lipinski definition) is 1. The third-order valence-corrected chi connectivity index (χ3v) is 7.10. The second-order valence-electron chi connectivity index (χ2n) is 7.63. The third-order valence-electron chi connectivity index (χ3n) is 5.89. The number of carbonyl (C=O) groups is 3. The second-order valence-corrected chi connectivity index (χ2v) is 8.69. The Balaban J connectivity index is 1.39. The highest BCUT2D eigenvalue weighted by atomic mass is 32.1. The zero-order chi connectivity index (χ0) is 19.9. The van der Waals surface area contributed by atoms with Gasteiger partial charge in [-0.25, -0.2) is 9.78 Å². The van der Waals surface area contributed by atoms with Crippen LogP contribution in [0.25, 0.3) is 10.2 Å². The maximum absolute atomic E-state index is 12.7. The number of thiazole rings is 1. The van der Waals surface area contributed by atoms with Crippen LogP contribution in [0.15, 0.2) is 24.3 Å². The summed E-state index contributed by atoms with van der Waals surface area (Å²) in [7, 11) is 1.74. The summed E-state index contributed by atoms with van der Waals surface area (Å²) in [4.78, 5) is 45.1. The third kappa shape index (κ3) is 3.15. The summed E-state index contributed by atoms with van der Waals surface area (Å²) in [5.41, 5.74) is 0.205. The molecule has 1 saturated heterocycles. The molecule has 1 spiro atoms. The van der Waals surface area contributed by atoms with Crippen LogP contribution in [0.4, 0.5) is 4.79 Å². The molecular weight excluding hydrogens is 376 g/mol. The number of urea groups is 1. The van der Waals surface area contributed by atoms with Crippen molar-refractivity contribution in [2.24, 2.45) is 0 Å². The van der Waals surface area contributed by atoms with Crippen molar-refractivity contribution < 1.29 is 14.4 Å². The molecule has 7 nitrogen and oxygen atoms in total. The molecule has 1 N–H and O–H groups in total. The molecule has 0 radical (unpaired) electrons. The molecule has 28 heavy (non-hydrogen) atoms. The maximum Gasteiger partial charge on any atom is 0.325 e. The molecule has 1 atom stereocenters. The number of benzene rings is 1. The van der Waals surface area contributed by atoms with Gasteiger partial charge in [0.05, 0.1) is 16.3 Å². The van der Waals surface area contributed by atoms with Crippen molar-refractivity contribution in [3.8, 4) is 0 Å². The van der Waals surface area contributed by atoms with Gasteiger partial charge in [-0.15, -0.1) is 11.3 Å². The normalized spacial score (nSPS) is 19.4. The predicted molar refractivity (Wildman–Crippen MR) is 107 cm³/mol. The molecule has 2 aromatic rings. The highest BCUT2D eigenvalue weighted by molar-refractivity contribution is 7.18. The Kier molecular flexibility index (Phi) is 4.82. The first kappa shape index (κ1) is 18.9. The molecule has 1 aromatic carbocycles. The quantitative estimate of drug-likeness (QED) is 0.782. The molecule has 8 heteroatoms. The molecule has 4 amide bonds.